The zero-order valence-electron chi connectivity index (χ0n) is 11.6. The lowest BCUT2D eigenvalue weighted by Crippen LogP contribution is -2.05. The van der Waals surface area contributed by atoms with Gasteiger partial charge in [0, 0.05) is 17.0 Å². The van der Waals surface area contributed by atoms with Crippen molar-refractivity contribution in [3.05, 3.63) is 69.2 Å². The lowest BCUT2D eigenvalue weighted by atomic mass is 9.99. The molecule has 0 amide bonds. The Morgan fingerprint density at radius 3 is 2.70 bits per heavy atom. The number of fused-ring (bicyclic) bond motifs is 1. The summed E-state index contributed by atoms with van der Waals surface area (Å²) in [5.41, 5.74) is 5.56. The van der Waals surface area contributed by atoms with Crippen LogP contribution in [0, 0.1) is 6.92 Å². The van der Waals surface area contributed by atoms with Crippen LogP contribution >= 0.6 is 11.6 Å². The minimum absolute atomic E-state index is 0.144. The number of halogens is 1. The van der Waals surface area contributed by atoms with Crippen molar-refractivity contribution in [1.82, 2.24) is 0 Å². The van der Waals surface area contributed by atoms with Crippen molar-refractivity contribution in [2.75, 3.05) is 0 Å². The summed E-state index contributed by atoms with van der Waals surface area (Å²) in [5, 5.41) is 0.680. The topological polar surface area (TPSA) is 17.1 Å². The zero-order valence-corrected chi connectivity index (χ0v) is 12.3. The SMILES string of the molecule is Cc1ccc(CC(=O)c2ccc3c(c2)CCC3)c(Cl)c1. The van der Waals surface area contributed by atoms with Crippen LogP contribution in [0.15, 0.2) is 36.4 Å². The van der Waals surface area contributed by atoms with Crippen molar-refractivity contribution in [3.8, 4) is 0 Å². The number of Topliss-reactive ketones (excluding diaryl/α,β-unsaturated/α-hetero) is 1. The molecule has 0 aromatic heterocycles. The van der Waals surface area contributed by atoms with Gasteiger partial charge in [0.15, 0.2) is 5.78 Å². The molecular formula is C18H17ClO. The minimum atomic E-state index is 0.144. The number of benzene rings is 2. The second-order valence-corrected chi connectivity index (χ2v) is 5.94. The summed E-state index contributed by atoms with van der Waals surface area (Å²) < 4.78 is 0. The van der Waals surface area contributed by atoms with Crippen LogP contribution in [0.3, 0.4) is 0 Å². The van der Waals surface area contributed by atoms with E-state index < -0.39 is 0 Å². The first-order valence-electron chi connectivity index (χ1n) is 7.03. The van der Waals surface area contributed by atoms with Crippen LogP contribution in [-0.4, -0.2) is 5.78 Å². The molecule has 1 aliphatic carbocycles. The molecule has 1 nitrogen and oxygen atoms in total. The van der Waals surface area contributed by atoms with E-state index in [0.29, 0.717) is 11.4 Å². The van der Waals surface area contributed by atoms with E-state index in [-0.39, 0.29) is 5.78 Å². The summed E-state index contributed by atoms with van der Waals surface area (Å²) in [7, 11) is 0. The maximum atomic E-state index is 12.4. The van der Waals surface area contributed by atoms with Gasteiger partial charge in [-0.1, -0.05) is 35.9 Å². The molecule has 0 spiro atoms. The molecule has 2 heteroatoms. The van der Waals surface area contributed by atoms with Crippen molar-refractivity contribution >= 4 is 17.4 Å². The Hall–Kier alpha value is -1.60. The predicted molar refractivity (Wildman–Crippen MR) is 82.7 cm³/mol. The molecule has 0 atom stereocenters. The normalized spacial score (nSPS) is 13.3. The Labute approximate surface area is 124 Å². The second kappa shape index (κ2) is 5.41. The van der Waals surface area contributed by atoms with Gasteiger partial charge in [-0.2, -0.15) is 0 Å². The summed E-state index contributed by atoms with van der Waals surface area (Å²) in [6.07, 6.45) is 3.82. The summed E-state index contributed by atoms with van der Waals surface area (Å²) >= 11 is 6.20. The molecule has 1 aliphatic rings. The third-order valence-electron chi connectivity index (χ3n) is 3.98. The Kier molecular flexibility index (Phi) is 3.62. The maximum absolute atomic E-state index is 12.4. The monoisotopic (exact) mass is 284 g/mol. The zero-order chi connectivity index (χ0) is 14.1. The van der Waals surface area contributed by atoms with E-state index in [0.717, 1.165) is 29.5 Å². The Bertz CT molecular complexity index is 673. The number of carbonyl (C=O) groups excluding carboxylic acids is 1. The molecule has 102 valence electrons. The van der Waals surface area contributed by atoms with E-state index in [1.165, 1.54) is 17.5 Å². The average molecular weight is 285 g/mol. The molecular weight excluding hydrogens is 268 g/mol. The molecule has 0 fully saturated rings. The van der Waals surface area contributed by atoms with Crippen LogP contribution in [-0.2, 0) is 19.3 Å². The van der Waals surface area contributed by atoms with E-state index >= 15 is 0 Å². The van der Waals surface area contributed by atoms with Gasteiger partial charge in [0.1, 0.15) is 0 Å². The number of hydrogen-bond acceptors (Lipinski definition) is 1. The van der Waals surface area contributed by atoms with Crippen LogP contribution < -0.4 is 0 Å². The van der Waals surface area contributed by atoms with Gasteiger partial charge < -0.3 is 0 Å². The highest BCUT2D eigenvalue weighted by Gasteiger charge is 2.15. The van der Waals surface area contributed by atoms with E-state index in [1.54, 1.807) is 0 Å². The lowest BCUT2D eigenvalue weighted by molar-refractivity contribution is 0.0993. The average Bonchev–Trinajstić information content (AvgIpc) is 2.89. The van der Waals surface area contributed by atoms with Gasteiger partial charge in [-0.3, -0.25) is 4.79 Å². The van der Waals surface area contributed by atoms with Gasteiger partial charge in [-0.15, -0.1) is 0 Å². The molecule has 0 heterocycles. The van der Waals surface area contributed by atoms with Crippen molar-refractivity contribution in [2.45, 2.75) is 32.6 Å². The molecule has 20 heavy (non-hydrogen) atoms. The predicted octanol–water partition coefficient (Wildman–Crippen LogP) is 4.56. The van der Waals surface area contributed by atoms with Crippen LogP contribution in [0.25, 0.3) is 0 Å². The third kappa shape index (κ3) is 2.64. The summed E-state index contributed by atoms with van der Waals surface area (Å²) in [4.78, 5) is 12.4. The van der Waals surface area contributed by atoms with Crippen LogP contribution in [0.4, 0.5) is 0 Å². The van der Waals surface area contributed by atoms with Gasteiger partial charge in [-0.25, -0.2) is 0 Å². The third-order valence-corrected chi connectivity index (χ3v) is 4.33. The van der Waals surface area contributed by atoms with Gasteiger partial charge in [0.2, 0.25) is 0 Å². The van der Waals surface area contributed by atoms with Crippen molar-refractivity contribution in [3.63, 3.8) is 0 Å². The smallest absolute Gasteiger partial charge is 0.167 e. The molecule has 0 saturated carbocycles. The molecule has 0 saturated heterocycles. The highest BCUT2D eigenvalue weighted by molar-refractivity contribution is 6.31. The van der Waals surface area contributed by atoms with Crippen molar-refractivity contribution in [1.29, 1.82) is 0 Å². The first-order chi connectivity index (χ1) is 9.63. The van der Waals surface area contributed by atoms with Crippen LogP contribution in [0.2, 0.25) is 5.02 Å². The highest BCUT2D eigenvalue weighted by Crippen LogP contribution is 2.24. The largest absolute Gasteiger partial charge is 0.294 e. The fourth-order valence-electron chi connectivity index (χ4n) is 2.82. The molecule has 0 radical (unpaired) electrons. The number of rotatable bonds is 3. The van der Waals surface area contributed by atoms with Crippen molar-refractivity contribution in [2.24, 2.45) is 0 Å². The maximum Gasteiger partial charge on any atom is 0.167 e. The molecule has 2 aromatic carbocycles. The Balaban J connectivity index is 1.82. The molecule has 0 unspecified atom stereocenters. The number of ketones is 1. The Morgan fingerprint density at radius 1 is 1.10 bits per heavy atom. The molecule has 3 rings (SSSR count). The molecule has 2 aromatic rings. The molecule has 0 N–H and O–H groups in total. The van der Waals surface area contributed by atoms with Gasteiger partial charge in [0.05, 0.1) is 0 Å². The second-order valence-electron chi connectivity index (χ2n) is 5.53. The minimum Gasteiger partial charge on any atom is -0.294 e. The van der Waals surface area contributed by atoms with Gasteiger partial charge in [-0.05, 0) is 60.6 Å². The highest BCUT2D eigenvalue weighted by atomic mass is 35.5. The summed E-state index contributed by atoms with van der Waals surface area (Å²) in [6, 6.07) is 12.0. The fourth-order valence-corrected chi connectivity index (χ4v) is 3.12. The lowest BCUT2D eigenvalue weighted by Gasteiger charge is -2.07. The van der Waals surface area contributed by atoms with E-state index in [4.69, 9.17) is 11.6 Å². The first kappa shape index (κ1) is 13.4. The van der Waals surface area contributed by atoms with Crippen molar-refractivity contribution < 1.29 is 4.79 Å². The summed E-state index contributed by atoms with van der Waals surface area (Å²) in [5.74, 6) is 0.144. The van der Waals surface area contributed by atoms with E-state index in [9.17, 15) is 4.79 Å². The Morgan fingerprint density at radius 2 is 1.90 bits per heavy atom. The molecule has 0 aliphatic heterocycles. The first-order valence-corrected chi connectivity index (χ1v) is 7.41. The van der Waals surface area contributed by atoms with E-state index in [1.807, 2.05) is 31.2 Å². The molecule has 0 bridgehead atoms. The van der Waals surface area contributed by atoms with Crippen LogP contribution in [0.1, 0.15) is 39.0 Å². The summed E-state index contributed by atoms with van der Waals surface area (Å²) in [6.45, 7) is 2.00. The van der Waals surface area contributed by atoms with Gasteiger partial charge >= 0.3 is 0 Å². The van der Waals surface area contributed by atoms with Gasteiger partial charge in [0.25, 0.3) is 0 Å². The number of carbonyl (C=O) groups is 1. The standard InChI is InChI=1S/C18H17ClO/c1-12-5-6-15(17(19)9-12)11-18(20)16-8-7-13-3-2-4-14(13)10-16/h5-10H,2-4,11H2,1H3. The van der Waals surface area contributed by atoms with E-state index in [2.05, 4.69) is 12.1 Å². The number of hydrogen-bond donors (Lipinski definition) is 0. The quantitative estimate of drug-likeness (QED) is 0.755. The fraction of sp³-hybridized carbons (Fsp3) is 0.278. The van der Waals surface area contributed by atoms with Crippen LogP contribution in [0.5, 0.6) is 0 Å². The number of aryl methyl sites for hydroxylation is 3.